The maximum absolute atomic E-state index is 13.3. The number of rotatable bonds is 8. The quantitative estimate of drug-likeness (QED) is 0.199. The summed E-state index contributed by atoms with van der Waals surface area (Å²) in [7, 11) is 0. The fourth-order valence-electron chi connectivity index (χ4n) is 3.83. The smallest absolute Gasteiger partial charge is 0.248 e. The lowest BCUT2D eigenvalue weighted by atomic mass is 10.1. The fourth-order valence-corrected chi connectivity index (χ4v) is 4.85. The number of benzene rings is 4. The summed E-state index contributed by atoms with van der Waals surface area (Å²) in [6.45, 7) is 4.04. The Labute approximate surface area is 216 Å². The van der Waals surface area contributed by atoms with Gasteiger partial charge in [-0.1, -0.05) is 66.7 Å². The first-order chi connectivity index (χ1) is 17.5. The zero-order chi connectivity index (χ0) is 25.3. The number of aryl methyl sites for hydroxylation is 2. The van der Waals surface area contributed by atoms with Gasteiger partial charge in [0, 0.05) is 22.3 Å². The van der Waals surface area contributed by atoms with Crippen LogP contribution in [0.15, 0.2) is 114 Å². The number of hydrogen-bond acceptors (Lipinski definition) is 3. The lowest BCUT2D eigenvalue weighted by Gasteiger charge is -2.18. The van der Waals surface area contributed by atoms with E-state index in [1.807, 2.05) is 111 Å². The lowest BCUT2D eigenvalue weighted by molar-refractivity contribution is -0.116. The normalized spacial score (nSPS) is 11.7. The van der Waals surface area contributed by atoms with Crippen molar-refractivity contribution in [1.29, 1.82) is 0 Å². The van der Waals surface area contributed by atoms with Crippen molar-refractivity contribution in [3.8, 4) is 0 Å². The molecule has 1 unspecified atom stereocenters. The standard InChI is InChI=1S/C31H28N2O2S/c1-22-19-23(2)21-27(20-22)33-31(35)30(25-11-7-4-8-12-25)36-28-16-14-26(15-17-28)32-29(34)18-13-24-9-5-3-6-10-24/h3-21,30H,1-2H3,(H,32,34)(H,33,35)/b18-13+. The summed E-state index contributed by atoms with van der Waals surface area (Å²) in [5, 5.41) is 5.53. The Kier molecular flexibility index (Phi) is 8.37. The van der Waals surface area contributed by atoms with Crippen LogP contribution >= 0.6 is 11.8 Å². The Morgan fingerprint density at radius 2 is 1.33 bits per heavy atom. The molecule has 0 fully saturated rings. The molecule has 1 atom stereocenters. The third kappa shape index (κ3) is 7.20. The van der Waals surface area contributed by atoms with Crippen LogP contribution in [0.1, 0.15) is 27.5 Å². The van der Waals surface area contributed by atoms with Gasteiger partial charge in [0.15, 0.2) is 0 Å². The van der Waals surface area contributed by atoms with Crippen LogP contribution in [0, 0.1) is 13.8 Å². The molecule has 5 heteroatoms. The second-order valence-corrected chi connectivity index (χ2v) is 9.71. The van der Waals surface area contributed by atoms with E-state index >= 15 is 0 Å². The van der Waals surface area contributed by atoms with E-state index in [-0.39, 0.29) is 11.8 Å². The van der Waals surface area contributed by atoms with Gasteiger partial charge in [0.25, 0.3) is 0 Å². The van der Waals surface area contributed by atoms with Gasteiger partial charge >= 0.3 is 0 Å². The van der Waals surface area contributed by atoms with E-state index in [1.165, 1.54) is 17.8 Å². The van der Waals surface area contributed by atoms with E-state index in [1.54, 1.807) is 6.08 Å². The molecular formula is C31H28N2O2S. The van der Waals surface area contributed by atoms with Crippen LogP contribution in [-0.4, -0.2) is 11.8 Å². The second kappa shape index (κ2) is 12.0. The van der Waals surface area contributed by atoms with Crippen LogP contribution in [0.5, 0.6) is 0 Å². The monoisotopic (exact) mass is 492 g/mol. The highest BCUT2D eigenvalue weighted by Crippen LogP contribution is 2.36. The van der Waals surface area contributed by atoms with Gasteiger partial charge in [0.05, 0.1) is 0 Å². The summed E-state index contributed by atoms with van der Waals surface area (Å²) >= 11 is 1.47. The number of nitrogens with one attached hydrogen (secondary N) is 2. The molecule has 0 aliphatic rings. The molecule has 0 saturated heterocycles. The van der Waals surface area contributed by atoms with Gasteiger partial charge < -0.3 is 10.6 Å². The highest BCUT2D eigenvalue weighted by Gasteiger charge is 2.22. The van der Waals surface area contributed by atoms with Crippen molar-refractivity contribution in [3.63, 3.8) is 0 Å². The van der Waals surface area contributed by atoms with Crippen LogP contribution in [0.2, 0.25) is 0 Å². The minimum atomic E-state index is -0.429. The van der Waals surface area contributed by atoms with E-state index in [2.05, 4.69) is 16.7 Å². The average Bonchev–Trinajstić information content (AvgIpc) is 2.87. The number of carbonyl (C=O) groups is 2. The minimum Gasteiger partial charge on any atom is -0.325 e. The largest absolute Gasteiger partial charge is 0.325 e. The maximum Gasteiger partial charge on any atom is 0.248 e. The Balaban J connectivity index is 1.45. The molecular weight excluding hydrogens is 464 g/mol. The van der Waals surface area contributed by atoms with Crippen molar-refractivity contribution in [2.24, 2.45) is 0 Å². The molecule has 0 radical (unpaired) electrons. The zero-order valence-corrected chi connectivity index (χ0v) is 21.1. The van der Waals surface area contributed by atoms with Gasteiger partial charge in [0.2, 0.25) is 11.8 Å². The first-order valence-corrected chi connectivity index (χ1v) is 12.6. The van der Waals surface area contributed by atoms with Crippen LogP contribution in [0.25, 0.3) is 6.08 Å². The number of hydrogen-bond donors (Lipinski definition) is 2. The van der Waals surface area contributed by atoms with E-state index in [0.29, 0.717) is 5.69 Å². The van der Waals surface area contributed by atoms with Gasteiger partial charge in [-0.3, -0.25) is 9.59 Å². The lowest BCUT2D eigenvalue weighted by Crippen LogP contribution is -2.19. The Morgan fingerprint density at radius 1 is 0.722 bits per heavy atom. The summed E-state index contributed by atoms with van der Waals surface area (Å²) in [5.41, 5.74) is 5.58. The van der Waals surface area contributed by atoms with Gasteiger partial charge in [-0.2, -0.15) is 0 Å². The molecule has 0 spiro atoms. The molecule has 0 bridgehead atoms. The Bertz CT molecular complexity index is 1330. The van der Waals surface area contributed by atoms with Crippen molar-refractivity contribution >= 4 is 41.0 Å². The van der Waals surface area contributed by atoms with Crippen LogP contribution in [0.3, 0.4) is 0 Å². The summed E-state index contributed by atoms with van der Waals surface area (Å²) in [5.74, 6) is -0.283. The number of carbonyl (C=O) groups excluding carboxylic acids is 2. The number of anilines is 2. The van der Waals surface area contributed by atoms with E-state index in [4.69, 9.17) is 0 Å². The molecule has 4 aromatic carbocycles. The van der Waals surface area contributed by atoms with Crippen molar-refractivity contribution in [2.45, 2.75) is 24.0 Å². The van der Waals surface area contributed by atoms with Gasteiger partial charge in [-0.25, -0.2) is 0 Å². The van der Waals surface area contributed by atoms with E-state index in [0.717, 1.165) is 32.8 Å². The predicted octanol–water partition coefficient (Wildman–Crippen LogP) is 7.43. The highest BCUT2D eigenvalue weighted by molar-refractivity contribution is 8.00. The highest BCUT2D eigenvalue weighted by atomic mass is 32.2. The summed E-state index contributed by atoms with van der Waals surface area (Å²) < 4.78 is 0. The average molecular weight is 493 g/mol. The summed E-state index contributed by atoms with van der Waals surface area (Å²) in [6.07, 6.45) is 3.29. The minimum absolute atomic E-state index is 0.0837. The molecule has 0 aromatic heterocycles. The molecule has 2 amide bonds. The molecule has 180 valence electrons. The van der Waals surface area contributed by atoms with Crippen LogP contribution in [-0.2, 0) is 9.59 Å². The molecule has 2 N–H and O–H groups in total. The molecule has 4 aromatic rings. The van der Waals surface area contributed by atoms with E-state index < -0.39 is 5.25 Å². The Morgan fingerprint density at radius 3 is 1.97 bits per heavy atom. The maximum atomic E-state index is 13.3. The van der Waals surface area contributed by atoms with Gasteiger partial charge in [-0.05, 0) is 78.6 Å². The fraction of sp³-hybridized carbons (Fsp3) is 0.0968. The van der Waals surface area contributed by atoms with Crippen molar-refractivity contribution < 1.29 is 9.59 Å². The second-order valence-electron chi connectivity index (χ2n) is 8.53. The van der Waals surface area contributed by atoms with Crippen LogP contribution in [0.4, 0.5) is 11.4 Å². The van der Waals surface area contributed by atoms with Gasteiger partial charge in [-0.15, -0.1) is 11.8 Å². The summed E-state index contributed by atoms with van der Waals surface area (Å²) in [6, 6.07) is 33.0. The molecule has 0 saturated carbocycles. The van der Waals surface area contributed by atoms with E-state index in [9.17, 15) is 9.59 Å². The zero-order valence-electron chi connectivity index (χ0n) is 20.3. The predicted molar refractivity (Wildman–Crippen MR) is 150 cm³/mol. The number of amides is 2. The van der Waals surface area contributed by atoms with Gasteiger partial charge in [0.1, 0.15) is 5.25 Å². The topological polar surface area (TPSA) is 58.2 Å². The van der Waals surface area contributed by atoms with Crippen molar-refractivity contribution in [3.05, 3.63) is 131 Å². The number of thioether (sulfide) groups is 1. The molecule has 4 rings (SSSR count). The van der Waals surface area contributed by atoms with Crippen LogP contribution < -0.4 is 10.6 Å². The molecule has 0 heterocycles. The SMILES string of the molecule is Cc1cc(C)cc(NC(=O)C(Sc2ccc(NC(=O)/C=C/c3ccccc3)cc2)c2ccccc2)c1. The molecule has 0 aliphatic carbocycles. The first-order valence-electron chi connectivity index (χ1n) is 11.7. The summed E-state index contributed by atoms with van der Waals surface area (Å²) in [4.78, 5) is 26.6. The molecule has 0 aliphatic heterocycles. The molecule has 4 nitrogen and oxygen atoms in total. The third-order valence-corrected chi connectivity index (χ3v) is 6.70. The third-order valence-electron chi connectivity index (χ3n) is 5.43. The Hall–Kier alpha value is -4.09. The molecule has 36 heavy (non-hydrogen) atoms. The van der Waals surface area contributed by atoms with Crippen molar-refractivity contribution in [1.82, 2.24) is 0 Å². The first kappa shape index (κ1) is 25.0. The van der Waals surface area contributed by atoms with Crippen molar-refractivity contribution in [2.75, 3.05) is 10.6 Å².